The van der Waals surface area contributed by atoms with Crippen molar-refractivity contribution in [1.82, 2.24) is 4.90 Å². The maximum absolute atomic E-state index is 10.9. The summed E-state index contributed by atoms with van der Waals surface area (Å²) < 4.78 is 5.48. The minimum atomic E-state index is -0.877. The first-order valence-electron chi connectivity index (χ1n) is 6.14. The molecule has 0 bridgehead atoms. The fourth-order valence-electron chi connectivity index (χ4n) is 2.21. The number of hydrogen-bond donors (Lipinski definition) is 1. The van der Waals surface area contributed by atoms with Crippen molar-refractivity contribution in [2.45, 2.75) is 25.9 Å². The molecule has 4 heteroatoms. The third-order valence-electron chi connectivity index (χ3n) is 3.36. The SMILES string of the molecule is CC1(C)COCCN1Cc1cccc(C(=O)O)c1. The number of carbonyl (C=O) groups is 1. The molecule has 0 saturated carbocycles. The molecule has 1 aromatic rings. The van der Waals surface area contributed by atoms with Crippen LogP contribution in [0.25, 0.3) is 0 Å². The van der Waals surface area contributed by atoms with E-state index in [-0.39, 0.29) is 5.54 Å². The van der Waals surface area contributed by atoms with E-state index in [1.165, 1.54) is 0 Å². The smallest absolute Gasteiger partial charge is 0.335 e. The van der Waals surface area contributed by atoms with Gasteiger partial charge in [0.2, 0.25) is 0 Å². The highest BCUT2D eigenvalue weighted by Crippen LogP contribution is 2.21. The zero-order valence-corrected chi connectivity index (χ0v) is 10.8. The van der Waals surface area contributed by atoms with Crippen molar-refractivity contribution in [1.29, 1.82) is 0 Å². The molecule has 1 aliphatic rings. The molecule has 0 spiro atoms. The molecule has 1 fully saturated rings. The van der Waals surface area contributed by atoms with E-state index in [1.807, 2.05) is 6.07 Å². The van der Waals surface area contributed by atoms with Crippen molar-refractivity contribution in [3.05, 3.63) is 35.4 Å². The summed E-state index contributed by atoms with van der Waals surface area (Å²) in [4.78, 5) is 13.3. The van der Waals surface area contributed by atoms with Crippen molar-refractivity contribution in [3.63, 3.8) is 0 Å². The van der Waals surface area contributed by atoms with E-state index in [1.54, 1.807) is 18.2 Å². The Morgan fingerprint density at radius 3 is 2.94 bits per heavy atom. The Kier molecular flexibility index (Phi) is 3.68. The molecule has 0 amide bonds. The van der Waals surface area contributed by atoms with Gasteiger partial charge < -0.3 is 9.84 Å². The maximum Gasteiger partial charge on any atom is 0.335 e. The van der Waals surface area contributed by atoms with Gasteiger partial charge in [0.05, 0.1) is 18.8 Å². The van der Waals surface area contributed by atoms with Gasteiger partial charge in [-0.05, 0) is 31.5 Å². The number of rotatable bonds is 3. The molecule has 0 aliphatic carbocycles. The second-order valence-electron chi connectivity index (χ2n) is 5.29. The van der Waals surface area contributed by atoms with Crippen molar-refractivity contribution in [3.8, 4) is 0 Å². The Hall–Kier alpha value is -1.39. The highest BCUT2D eigenvalue weighted by Gasteiger charge is 2.30. The van der Waals surface area contributed by atoms with Crippen LogP contribution in [0.4, 0.5) is 0 Å². The van der Waals surface area contributed by atoms with Crippen LogP contribution in [0.1, 0.15) is 29.8 Å². The number of hydrogen-bond acceptors (Lipinski definition) is 3. The van der Waals surface area contributed by atoms with E-state index in [0.29, 0.717) is 12.2 Å². The average Bonchev–Trinajstić information content (AvgIpc) is 2.32. The first-order chi connectivity index (χ1) is 8.49. The topological polar surface area (TPSA) is 49.8 Å². The molecule has 1 aromatic carbocycles. The van der Waals surface area contributed by atoms with Crippen LogP contribution in [-0.2, 0) is 11.3 Å². The Balaban J connectivity index is 2.13. The van der Waals surface area contributed by atoms with Gasteiger partial charge in [-0.25, -0.2) is 4.79 Å². The van der Waals surface area contributed by atoms with Crippen molar-refractivity contribution in [2.75, 3.05) is 19.8 Å². The highest BCUT2D eigenvalue weighted by atomic mass is 16.5. The number of benzene rings is 1. The fourth-order valence-corrected chi connectivity index (χ4v) is 2.21. The first kappa shape index (κ1) is 13.1. The summed E-state index contributed by atoms with van der Waals surface area (Å²) in [7, 11) is 0. The second-order valence-corrected chi connectivity index (χ2v) is 5.29. The quantitative estimate of drug-likeness (QED) is 0.890. The summed E-state index contributed by atoms with van der Waals surface area (Å²) in [5.41, 5.74) is 1.38. The zero-order valence-electron chi connectivity index (χ0n) is 10.8. The summed E-state index contributed by atoms with van der Waals surface area (Å²) in [6.45, 7) is 7.38. The molecular formula is C14H19NO3. The van der Waals surface area contributed by atoms with E-state index >= 15 is 0 Å². The number of aromatic carboxylic acids is 1. The number of nitrogens with zero attached hydrogens (tertiary/aromatic N) is 1. The summed E-state index contributed by atoms with van der Waals surface area (Å²) in [5, 5.41) is 8.98. The average molecular weight is 249 g/mol. The molecule has 0 unspecified atom stereocenters. The van der Waals surface area contributed by atoms with Gasteiger partial charge in [0.1, 0.15) is 0 Å². The molecule has 98 valence electrons. The van der Waals surface area contributed by atoms with E-state index in [0.717, 1.165) is 25.3 Å². The number of ether oxygens (including phenoxy) is 1. The Morgan fingerprint density at radius 1 is 1.50 bits per heavy atom. The largest absolute Gasteiger partial charge is 0.478 e. The van der Waals surface area contributed by atoms with Crippen LogP contribution in [-0.4, -0.2) is 41.3 Å². The second kappa shape index (κ2) is 5.08. The van der Waals surface area contributed by atoms with Crippen LogP contribution in [0.2, 0.25) is 0 Å². The Bertz CT molecular complexity index is 442. The number of morpholine rings is 1. The Morgan fingerprint density at radius 2 is 2.28 bits per heavy atom. The van der Waals surface area contributed by atoms with Crippen LogP contribution in [0.5, 0.6) is 0 Å². The van der Waals surface area contributed by atoms with Gasteiger partial charge in [0.25, 0.3) is 0 Å². The molecule has 1 saturated heterocycles. The van der Waals surface area contributed by atoms with Gasteiger partial charge >= 0.3 is 5.97 Å². The van der Waals surface area contributed by atoms with E-state index < -0.39 is 5.97 Å². The lowest BCUT2D eigenvalue weighted by Crippen LogP contribution is -2.52. The van der Waals surface area contributed by atoms with Crippen molar-refractivity contribution in [2.24, 2.45) is 0 Å². The summed E-state index contributed by atoms with van der Waals surface area (Å²) >= 11 is 0. The van der Waals surface area contributed by atoms with Gasteiger partial charge in [-0.1, -0.05) is 12.1 Å². The van der Waals surface area contributed by atoms with E-state index in [9.17, 15) is 4.79 Å². The monoisotopic (exact) mass is 249 g/mol. The summed E-state index contributed by atoms with van der Waals surface area (Å²) in [6, 6.07) is 7.13. The number of carboxylic acid groups (broad SMARTS) is 1. The van der Waals surface area contributed by atoms with Crippen LogP contribution in [0, 0.1) is 0 Å². The van der Waals surface area contributed by atoms with Crippen molar-refractivity contribution >= 4 is 5.97 Å². The van der Waals surface area contributed by atoms with Gasteiger partial charge in [0.15, 0.2) is 0 Å². The lowest BCUT2D eigenvalue weighted by molar-refractivity contribution is -0.0552. The van der Waals surface area contributed by atoms with Gasteiger partial charge in [-0.3, -0.25) is 4.90 Å². The molecular weight excluding hydrogens is 230 g/mol. The highest BCUT2D eigenvalue weighted by molar-refractivity contribution is 5.87. The molecule has 1 aliphatic heterocycles. The van der Waals surface area contributed by atoms with Gasteiger partial charge in [-0.2, -0.15) is 0 Å². The normalized spacial score (nSPS) is 19.7. The Labute approximate surface area is 107 Å². The molecule has 4 nitrogen and oxygen atoms in total. The van der Waals surface area contributed by atoms with Gasteiger partial charge in [-0.15, -0.1) is 0 Å². The van der Waals surface area contributed by atoms with E-state index in [4.69, 9.17) is 9.84 Å². The third kappa shape index (κ3) is 2.89. The lowest BCUT2D eigenvalue weighted by Gasteiger charge is -2.42. The molecule has 0 radical (unpaired) electrons. The lowest BCUT2D eigenvalue weighted by atomic mass is 10.0. The molecule has 18 heavy (non-hydrogen) atoms. The molecule has 1 N–H and O–H groups in total. The standard InChI is InChI=1S/C14H19NO3/c1-14(2)10-18-7-6-15(14)9-11-4-3-5-12(8-11)13(16)17/h3-5,8H,6-7,9-10H2,1-2H3,(H,16,17). The molecule has 0 atom stereocenters. The molecule has 2 rings (SSSR count). The number of carboxylic acids is 1. The van der Waals surface area contributed by atoms with Crippen LogP contribution in [0.15, 0.2) is 24.3 Å². The molecule has 1 heterocycles. The minimum Gasteiger partial charge on any atom is -0.478 e. The fraction of sp³-hybridized carbons (Fsp3) is 0.500. The van der Waals surface area contributed by atoms with Crippen LogP contribution >= 0.6 is 0 Å². The summed E-state index contributed by atoms with van der Waals surface area (Å²) in [6.07, 6.45) is 0. The summed E-state index contributed by atoms with van der Waals surface area (Å²) in [5.74, 6) is -0.877. The van der Waals surface area contributed by atoms with E-state index in [2.05, 4.69) is 18.7 Å². The third-order valence-corrected chi connectivity index (χ3v) is 3.36. The molecule has 0 aromatic heterocycles. The van der Waals surface area contributed by atoms with Crippen LogP contribution in [0.3, 0.4) is 0 Å². The van der Waals surface area contributed by atoms with Gasteiger partial charge in [0, 0.05) is 18.6 Å². The predicted molar refractivity (Wildman–Crippen MR) is 68.7 cm³/mol. The zero-order chi connectivity index (χ0) is 13.2. The van der Waals surface area contributed by atoms with Crippen LogP contribution < -0.4 is 0 Å². The predicted octanol–water partition coefficient (Wildman–Crippen LogP) is 2.00. The maximum atomic E-state index is 10.9. The first-order valence-corrected chi connectivity index (χ1v) is 6.14. The minimum absolute atomic E-state index is 0.00250. The van der Waals surface area contributed by atoms with Crippen molar-refractivity contribution < 1.29 is 14.6 Å².